The molecule has 0 bridgehead atoms. The first kappa shape index (κ1) is 23.5. The van der Waals surface area contributed by atoms with Gasteiger partial charge in [-0.1, -0.05) is 11.6 Å². The second-order valence-corrected chi connectivity index (χ2v) is 10.5. The Balaban J connectivity index is 0.000000216. The van der Waals surface area contributed by atoms with Crippen LogP contribution in [0.1, 0.15) is 36.6 Å². The number of hydrogen-bond acceptors (Lipinski definition) is 8. The van der Waals surface area contributed by atoms with Crippen molar-refractivity contribution < 1.29 is 9.32 Å². The van der Waals surface area contributed by atoms with Gasteiger partial charge >= 0.3 is 0 Å². The molecule has 0 spiro atoms. The number of β-amino-alcohol motifs (C(OH)–C–C–N with tert-alkyl or cyclic N) is 1. The van der Waals surface area contributed by atoms with E-state index in [1.54, 1.807) is 21.9 Å². The van der Waals surface area contributed by atoms with E-state index >= 15 is 0 Å². The van der Waals surface area contributed by atoms with E-state index in [1.807, 2.05) is 6.20 Å². The van der Waals surface area contributed by atoms with Crippen LogP contribution in [0, 0.1) is 0 Å². The van der Waals surface area contributed by atoms with E-state index < -0.39 is 11.0 Å². The lowest BCUT2D eigenvalue weighted by Crippen LogP contribution is -2.38. The number of nitrogen functional groups attached to an aromatic ring is 1. The maximum atomic E-state index is 10.9. The Morgan fingerprint density at radius 2 is 1.97 bits per heavy atom. The zero-order chi connectivity index (χ0) is 21.7. The summed E-state index contributed by atoms with van der Waals surface area (Å²) in [5.41, 5.74) is 6.30. The molecule has 2 unspecified atom stereocenters. The van der Waals surface area contributed by atoms with Gasteiger partial charge in [-0.3, -0.25) is 0 Å². The molecule has 0 radical (unpaired) electrons. The Labute approximate surface area is 189 Å². The van der Waals surface area contributed by atoms with Crippen LogP contribution in [0.4, 0.5) is 5.95 Å². The van der Waals surface area contributed by atoms with Crippen LogP contribution in [0.5, 0.6) is 0 Å². The van der Waals surface area contributed by atoms with Crippen molar-refractivity contribution in [3.63, 3.8) is 0 Å². The van der Waals surface area contributed by atoms with Crippen molar-refractivity contribution in [1.29, 1.82) is 0 Å². The number of nitrogens with zero attached hydrogens (tertiary/aromatic N) is 5. The van der Waals surface area contributed by atoms with Gasteiger partial charge in [-0.25, -0.2) is 23.5 Å². The van der Waals surface area contributed by atoms with Crippen molar-refractivity contribution in [2.24, 2.45) is 0 Å². The predicted molar refractivity (Wildman–Crippen MR) is 123 cm³/mol. The predicted octanol–water partition coefficient (Wildman–Crippen LogP) is 2.38. The minimum Gasteiger partial charge on any atom is -0.392 e. The third-order valence-electron chi connectivity index (χ3n) is 5.31. The van der Waals surface area contributed by atoms with Crippen LogP contribution < -0.4 is 5.73 Å². The van der Waals surface area contributed by atoms with Gasteiger partial charge in [0.05, 0.1) is 38.2 Å². The zero-order valence-electron chi connectivity index (χ0n) is 17.3. The molecule has 2 aliphatic rings. The fourth-order valence-electron chi connectivity index (χ4n) is 3.55. The lowest BCUT2D eigenvalue weighted by Gasteiger charge is -2.27. The average Bonchev–Trinajstić information content (AvgIpc) is 3.21. The number of aliphatic hydroxyl groups excluding tert-OH is 1. The molecule has 0 amide bonds. The van der Waals surface area contributed by atoms with Crippen LogP contribution in [0.25, 0.3) is 10.6 Å². The van der Waals surface area contributed by atoms with Crippen molar-refractivity contribution >= 4 is 39.9 Å². The first-order valence-corrected chi connectivity index (χ1v) is 12.7. The average molecular weight is 473 g/mol. The van der Waals surface area contributed by atoms with E-state index in [-0.39, 0.29) is 12.1 Å². The van der Waals surface area contributed by atoms with Crippen molar-refractivity contribution in [2.75, 3.05) is 45.2 Å². The zero-order valence-corrected chi connectivity index (χ0v) is 19.7. The summed E-state index contributed by atoms with van der Waals surface area (Å²) < 4.78 is 12.7. The first-order valence-electron chi connectivity index (χ1n) is 10.0. The molecule has 0 aromatic carbocycles. The van der Waals surface area contributed by atoms with Crippen LogP contribution in [0.3, 0.4) is 0 Å². The van der Waals surface area contributed by atoms with E-state index in [1.165, 1.54) is 11.2 Å². The number of aliphatic hydroxyl groups is 1. The quantitative estimate of drug-likeness (QED) is 0.705. The minimum atomic E-state index is -0.899. The van der Waals surface area contributed by atoms with Crippen molar-refractivity contribution in [1.82, 2.24) is 24.2 Å². The van der Waals surface area contributed by atoms with Crippen LogP contribution in [-0.2, 0) is 11.0 Å². The van der Waals surface area contributed by atoms with Gasteiger partial charge in [-0.05, 0) is 45.8 Å². The standard InChI is InChI=1S/C13H16ClN5S.C6H13NO2S/c1-19-4-2-8(3-5-19)12-16-7-10(20-12)11-9(14)6-17-13(15)18-11;1-10(9)7-4-2-3-6(8)5-7/h6-8H,2-5H2,1H3,(H2,15,17,18);6,8H,2-5H2,1H3. The molecule has 2 fully saturated rings. The SMILES string of the molecule is CN1CCC(c2ncc(-c3nc(N)ncc3Cl)s2)CC1.CS(=O)N1CCCC(O)C1. The molecule has 2 aromatic rings. The van der Waals surface area contributed by atoms with E-state index in [0.29, 0.717) is 23.2 Å². The normalized spacial score (nSPS) is 22.3. The molecular formula is C19H29ClN6O2S2. The summed E-state index contributed by atoms with van der Waals surface area (Å²) in [4.78, 5) is 16.0. The number of nitrogens with two attached hydrogens (primary N) is 1. The van der Waals surface area contributed by atoms with Gasteiger partial charge in [0.1, 0.15) is 5.69 Å². The molecule has 8 nitrogen and oxygen atoms in total. The van der Waals surface area contributed by atoms with Crippen molar-refractivity contribution in [3.8, 4) is 10.6 Å². The summed E-state index contributed by atoms with van der Waals surface area (Å²) in [5, 5.41) is 10.8. The van der Waals surface area contributed by atoms with E-state index in [9.17, 15) is 4.21 Å². The topological polar surface area (TPSA) is 108 Å². The molecule has 4 rings (SSSR count). The molecule has 2 aromatic heterocycles. The van der Waals surface area contributed by atoms with Gasteiger partial charge in [-0.2, -0.15) is 0 Å². The number of anilines is 1. The molecule has 2 atom stereocenters. The Kier molecular flexibility index (Phi) is 8.55. The van der Waals surface area contributed by atoms with E-state index in [4.69, 9.17) is 22.4 Å². The number of rotatable bonds is 3. The lowest BCUT2D eigenvalue weighted by atomic mass is 9.98. The largest absolute Gasteiger partial charge is 0.392 e. The monoisotopic (exact) mass is 472 g/mol. The van der Waals surface area contributed by atoms with Gasteiger partial charge in [-0.15, -0.1) is 11.3 Å². The number of aromatic nitrogens is 3. The number of thiazole rings is 1. The maximum absolute atomic E-state index is 10.9. The first-order chi connectivity index (χ1) is 14.3. The van der Waals surface area contributed by atoms with E-state index in [2.05, 4.69) is 26.9 Å². The van der Waals surface area contributed by atoms with Gasteiger partial charge in [0.2, 0.25) is 5.95 Å². The Bertz CT molecular complexity index is 859. The van der Waals surface area contributed by atoms with Crippen LogP contribution >= 0.6 is 22.9 Å². The molecule has 11 heteroatoms. The number of halogens is 1. The summed E-state index contributed by atoms with van der Waals surface area (Å²) in [5.74, 6) is 0.779. The fourth-order valence-corrected chi connectivity index (χ4v) is 5.66. The third-order valence-corrected chi connectivity index (χ3v) is 7.81. The molecule has 4 heterocycles. The van der Waals surface area contributed by atoms with Crippen molar-refractivity contribution in [2.45, 2.75) is 37.7 Å². The van der Waals surface area contributed by atoms with Crippen LogP contribution in [-0.4, -0.2) is 79.1 Å². The number of hydrogen-bond donors (Lipinski definition) is 2. The fraction of sp³-hybridized carbons (Fsp3) is 0.632. The number of likely N-dealkylation sites (tertiary alicyclic amines) is 1. The molecule has 2 saturated heterocycles. The molecule has 2 aliphatic heterocycles. The van der Waals surface area contributed by atoms with Gasteiger partial charge in [0.25, 0.3) is 0 Å². The van der Waals surface area contributed by atoms with Crippen LogP contribution in [0.2, 0.25) is 5.02 Å². The maximum Gasteiger partial charge on any atom is 0.220 e. The van der Waals surface area contributed by atoms with Crippen molar-refractivity contribution in [3.05, 3.63) is 22.4 Å². The third kappa shape index (κ3) is 6.41. The Morgan fingerprint density at radius 1 is 1.23 bits per heavy atom. The number of piperidine rings is 2. The summed E-state index contributed by atoms with van der Waals surface area (Å²) in [6.07, 6.45) is 8.89. The minimum absolute atomic E-state index is 0.235. The Morgan fingerprint density at radius 3 is 2.60 bits per heavy atom. The highest BCUT2D eigenvalue weighted by molar-refractivity contribution is 7.81. The second kappa shape index (κ2) is 10.9. The van der Waals surface area contributed by atoms with Gasteiger partial charge in [0, 0.05) is 31.5 Å². The summed E-state index contributed by atoms with van der Waals surface area (Å²) in [6, 6.07) is 0. The smallest absolute Gasteiger partial charge is 0.220 e. The lowest BCUT2D eigenvalue weighted by molar-refractivity contribution is 0.110. The molecule has 30 heavy (non-hydrogen) atoms. The van der Waals surface area contributed by atoms with Gasteiger partial charge in [0.15, 0.2) is 0 Å². The second-order valence-electron chi connectivity index (χ2n) is 7.67. The van der Waals surface area contributed by atoms with E-state index in [0.717, 1.165) is 50.2 Å². The summed E-state index contributed by atoms with van der Waals surface area (Å²) in [7, 11) is 1.26. The summed E-state index contributed by atoms with van der Waals surface area (Å²) >= 11 is 7.79. The van der Waals surface area contributed by atoms with Crippen LogP contribution in [0.15, 0.2) is 12.4 Å². The highest BCUT2D eigenvalue weighted by Crippen LogP contribution is 2.36. The molecule has 0 aliphatic carbocycles. The highest BCUT2D eigenvalue weighted by Gasteiger charge is 2.22. The molecule has 0 saturated carbocycles. The van der Waals surface area contributed by atoms with Gasteiger partial charge < -0.3 is 15.7 Å². The molecular weight excluding hydrogens is 444 g/mol. The summed E-state index contributed by atoms with van der Waals surface area (Å²) in [6.45, 7) is 3.69. The highest BCUT2D eigenvalue weighted by atomic mass is 35.5. The Hall–Kier alpha value is -1.17. The molecule has 3 N–H and O–H groups in total. The molecule has 166 valence electrons.